The second kappa shape index (κ2) is 5.09. The zero-order valence-corrected chi connectivity index (χ0v) is 5.63. The van der Waals surface area contributed by atoms with Gasteiger partial charge >= 0.3 is 5.97 Å². The second-order valence-electron chi connectivity index (χ2n) is 1.41. The Morgan fingerprint density at radius 1 is 1.44 bits per heavy atom. The van der Waals surface area contributed by atoms with E-state index in [0.717, 1.165) is 0 Å². The Bertz CT molecular complexity index is 134. The molecule has 0 saturated carbocycles. The molecular formula is C7H10O2. The van der Waals surface area contributed by atoms with Crippen molar-refractivity contribution in [2.45, 2.75) is 6.92 Å². The summed E-state index contributed by atoms with van der Waals surface area (Å²) in [4.78, 5) is 10.3. The molecule has 0 aliphatic carbocycles. The van der Waals surface area contributed by atoms with E-state index in [1.165, 1.54) is 13.2 Å². The van der Waals surface area contributed by atoms with E-state index in [0.29, 0.717) is 0 Å². The van der Waals surface area contributed by atoms with Crippen molar-refractivity contribution in [2.75, 3.05) is 7.11 Å². The molecule has 0 unspecified atom stereocenters. The molecule has 0 aromatic heterocycles. The Morgan fingerprint density at radius 3 is 2.56 bits per heavy atom. The smallest absolute Gasteiger partial charge is 0.330 e. The fourth-order valence-corrected chi connectivity index (χ4v) is 0.313. The van der Waals surface area contributed by atoms with Gasteiger partial charge < -0.3 is 4.74 Å². The van der Waals surface area contributed by atoms with Crippen molar-refractivity contribution in [1.82, 2.24) is 0 Å². The highest BCUT2D eigenvalue weighted by molar-refractivity contribution is 5.82. The minimum Gasteiger partial charge on any atom is -0.466 e. The first-order valence-corrected chi connectivity index (χ1v) is 2.68. The van der Waals surface area contributed by atoms with Crippen molar-refractivity contribution in [3.05, 3.63) is 24.3 Å². The fourth-order valence-electron chi connectivity index (χ4n) is 0.313. The third-order valence-electron chi connectivity index (χ3n) is 0.737. The van der Waals surface area contributed by atoms with Gasteiger partial charge in [0.2, 0.25) is 0 Å². The van der Waals surface area contributed by atoms with E-state index in [-0.39, 0.29) is 5.97 Å². The van der Waals surface area contributed by atoms with Crippen LogP contribution in [0.25, 0.3) is 0 Å². The van der Waals surface area contributed by atoms with Gasteiger partial charge in [-0.2, -0.15) is 0 Å². The fraction of sp³-hybridized carbons (Fsp3) is 0.286. The Morgan fingerprint density at radius 2 is 2.11 bits per heavy atom. The molecule has 0 aliphatic heterocycles. The molecule has 0 aromatic rings. The molecule has 0 amide bonds. The van der Waals surface area contributed by atoms with Crippen LogP contribution in [0.15, 0.2) is 24.3 Å². The summed E-state index contributed by atoms with van der Waals surface area (Å²) >= 11 is 0. The first-order chi connectivity index (χ1) is 4.31. The summed E-state index contributed by atoms with van der Waals surface area (Å²) in [6.07, 6.45) is 6.59. The molecule has 0 saturated heterocycles. The average Bonchev–Trinajstić information content (AvgIpc) is 1.89. The number of rotatable bonds is 2. The van der Waals surface area contributed by atoms with Crippen molar-refractivity contribution in [2.24, 2.45) is 0 Å². The number of allylic oxidation sites excluding steroid dienone is 3. The lowest BCUT2D eigenvalue weighted by Crippen LogP contribution is -1.92. The molecule has 0 N–H and O–H groups in total. The minimum absolute atomic E-state index is 0.326. The molecular weight excluding hydrogens is 116 g/mol. The van der Waals surface area contributed by atoms with Gasteiger partial charge in [0, 0.05) is 6.08 Å². The Labute approximate surface area is 54.8 Å². The van der Waals surface area contributed by atoms with Crippen LogP contribution in [0.2, 0.25) is 0 Å². The third kappa shape index (κ3) is 4.81. The molecule has 0 spiro atoms. The summed E-state index contributed by atoms with van der Waals surface area (Å²) in [6, 6.07) is 0. The topological polar surface area (TPSA) is 26.3 Å². The van der Waals surface area contributed by atoms with E-state index >= 15 is 0 Å². The van der Waals surface area contributed by atoms with Gasteiger partial charge in [0.25, 0.3) is 0 Å². The number of carbonyl (C=O) groups excluding carboxylic acids is 1. The van der Waals surface area contributed by atoms with Crippen molar-refractivity contribution in [1.29, 1.82) is 0 Å². The number of carbonyl (C=O) groups is 1. The van der Waals surface area contributed by atoms with Crippen LogP contribution in [-0.4, -0.2) is 13.1 Å². The molecule has 0 aliphatic rings. The van der Waals surface area contributed by atoms with Crippen LogP contribution in [0, 0.1) is 0 Å². The summed E-state index contributed by atoms with van der Waals surface area (Å²) in [5.41, 5.74) is 0. The lowest BCUT2D eigenvalue weighted by Gasteiger charge is -1.85. The molecule has 0 rings (SSSR count). The Hall–Kier alpha value is -1.05. The van der Waals surface area contributed by atoms with Crippen LogP contribution in [0.5, 0.6) is 0 Å². The van der Waals surface area contributed by atoms with Gasteiger partial charge in [-0.05, 0) is 6.92 Å². The zero-order valence-electron chi connectivity index (χ0n) is 5.63. The number of methoxy groups -OCH3 is 1. The largest absolute Gasteiger partial charge is 0.466 e. The van der Waals surface area contributed by atoms with Crippen molar-refractivity contribution >= 4 is 5.97 Å². The van der Waals surface area contributed by atoms with E-state index in [2.05, 4.69) is 4.74 Å². The molecule has 50 valence electrons. The van der Waals surface area contributed by atoms with Crippen molar-refractivity contribution in [3.63, 3.8) is 0 Å². The van der Waals surface area contributed by atoms with Crippen LogP contribution < -0.4 is 0 Å². The van der Waals surface area contributed by atoms with E-state index in [9.17, 15) is 4.79 Å². The summed E-state index contributed by atoms with van der Waals surface area (Å²) in [5, 5.41) is 0. The van der Waals surface area contributed by atoms with Crippen LogP contribution in [-0.2, 0) is 9.53 Å². The molecule has 9 heavy (non-hydrogen) atoms. The Balaban J connectivity index is 3.57. The first-order valence-electron chi connectivity index (χ1n) is 2.68. The first kappa shape index (κ1) is 7.95. The monoisotopic (exact) mass is 126 g/mol. The van der Waals surface area contributed by atoms with Gasteiger partial charge in [-0.1, -0.05) is 18.2 Å². The van der Waals surface area contributed by atoms with Gasteiger partial charge in [0.05, 0.1) is 7.11 Å². The quantitative estimate of drug-likeness (QED) is 0.316. The zero-order chi connectivity index (χ0) is 7.11. The number of hydrogen-bond acceptors (Lipinski definition) is 2. The molecule has 0 bridgehead atoms. The van der Waals surface area contributed by atoms with Gasteiger partial charge in [-0.25, -0.2) is 4.79 Å². The predicted octanol–water partition coefficient (Wildman–Crippen LogP) is 1.29. The second-order valence-corrected chi connectivity index (χ2v) is 1.41. The van der Waals surface area contributed by atoms with Crippen LogP contribution in [0.1, 0.15) is 6.92 Å². The van der Waals surface area contributed by atoms with E-state index < -0.39 is 0 Å². The van der Waals surface area contributed by atoms with E-state index in [1.807, 2.05) is 13.0 Å². The van der Waals surface area contributed by atoms with Crippen LogP contribution in [0.3, 0.4) is 0 Å². The maximum absolute atomic E-state index is 10.3. The van der Waals surface area contributed by atoms with Gasteiger partial charge in [-0.3, -0.25) is 0 Å². The molecule has 0 fully saturated rings. The van der Waals surface area contributed by atoms with E-state index in [4.69, 9.17) is 0 Å². The summed E-state index contributed by atoms with van der Waals surface area (Å²) in [6.45, 7) is 1.88. The maximum Gasteiger partial charge on any atom is 0.330 e. The molecule has 0 atom stereocenters. The number of esters is 1. The van der Waals surface area contributed by atoms with Crippen LogP contribution >= 0.6 is 0 Å². The highest BCUT2D eigenvalue weighted by Gasteiger charge is 1.85. The summed E-state index contributed by atoms with van der Waals surface area (Å²) in [5.74, 6) is -0.326. The number of hydrogen-bond donors (Lipinski definition) is 0. The van der Waals surface area contributed by atoms with Gasteiger partial charge in [0.1, 0.15) is 0 Å². The molecule has 0 aromatic carbocycles. The van der Waals surface area contributed by atoms with Crippen LogP contribution in [0.4, 0.5) is 0 Å². The molecule has 2 heteroatoms. The van der Waals surface area contributed by atoms with Crippen molar-refractivity contribution in [3.8, 4) is 0 Å². The maximum atomic E-state index is 10.3. The van der Waals surface area contributed by atoms with E-state index in [1.54, 1.807) is 12.2 Å². The average molecular weight is 126 g/mol. The standard InChI is InChI=1S/C7H10O2/c1-3-4-5-6-7(8)9-2/h3-6H,1-2H3/b4-3-,6-5-. The third-order valence-corrected chi connectivity index (χ3v) is 0.737. The highest BCUT2D eigenvalue weighted by Crippen LogP contribution is 1.78. The SMILES string of the molecule is C/C=C\C=C/C(=O)OC. The van der Waals surface area contributed by atoms with Gasteiger partial charge in [0.15, 0.2) is 0 Å². The normalized spacial score (nSPS) is 10.9. The molecule has 2 nitrogen and oxygen atoms in total. The lowest BCUT2D eigenvalue weighted by atomic mass is 10.4. The minimum atomic E-state index is -0.326. The summed E-state index contributed by atoms with van der Waals surface area (Å²) in [7, 11) is 1.35. The Kier molecular flexibility index (Phi) is 4.50. The summed E-state index contributed by atoms with van der Waals surface area (Å²) < 4.78 is 4.34. The lowest BCUT2D eigenvalue weighted by molar-refractivity contribution is -0.134. The molecule has 0 heterocycles. The predicted molar refractivity (Wildman–Crippen MR) is 36.0 cm³/mol. The number of ether oxygens (including phenoxy) is 1. The molecule has 0 radical (unpaired) electrons. The van der Waals surface area contributed by atoms with Gasteiger partial charge in [-0.15, -0.1) is 0 Å². The highest BCUT2D eigenvalue weighted by atomic mass is 16.5. The van der Waals surface area contributed by atoms with Crippen molar-refractivity contribution < 1.29 is 9.53 Å².